The number of nitrogens with zero attached hydrogens (tertiary/aromatic N) is 2. The SMILES string of the molecule is NS(=O)(=O)CCNc1cnn(CCO)c(=O)c1Br. The summed E-state index contributed by atoms with van der Waals surface area (Å²) < 4.78 is 22.8. The Kier molecular flexibility index (Phi) is 5.26. The molecule has 10 heteroatoms. The van der Waals surface area contributed by atoms with Gasteiger partial charge in [0, 0.05) is 6.54 Å². The monoisotopic (exact) mass is 340 g/mol. The molecule has 1 heterocycles. The first kappa shape index (κ1) is 15.1. The third kappa shape index (κ3) is 4.37. The smallest absolute Gasteiger partial charge is 0.283 e. The molecule has 0 bridgehead atoms. The van der Waals surface area contributed by atoms with Gasteiger partial charge in [-0.3, -0.25) is 4.79 Å². The Hall–Kier alpha value is -0.970. The number of rotatable bonds is 6. The third-order valence-electron chi connectivity index (χ3n) is 2.00. The lowest BCUT2D eigenvalue weighted by Crippen LogP contribution is -2.27. The molecule has 1 aromatic heterocycles. The quantitative estimate of drug-likeness (QED) is 0.590. The van der Waals surface area contributed by atoms with Crippen LogP contribution in [0.15, 0.2) is 15.5 Å². The number of anilines is 1. The molecular formula is C8H13BrN4O4S. The molecule has 18 heavy (non-hydrogen) atoms. The van der Waals surface area contributed by atoms with Gasteiger partial charge in [-0.25, -0.2) is 18.2 Å². The van der Waals surface area contributed by atoms with Crippen LogP contribution in [0.25, 0.3) is 0 Å². The Morgan fingerprint density at radius 2 is 2.22 bits per heavy atom. The van der Waals surface area contributed by atoms with Crippen LogP contribution in [0, 0.1) is 0 Å². The molecular weight excluding hydrogens is 328 g/mol. The average Bonchev–Trinajstić information content (AvgIpc) is 2.27. The summed E-state index contributed by atoms with van der Waals surface area (Å²) in [6.45, 7) is -0.0327. The van der Waals surface area contributed by atoms with Gasteiger partial charge in [-0.2, -0.15) is 5.10 Å². The minimum atomic E-state index is -3.55. The van der Waals surface area contributed by atoms with Gasteiger partial charge in [0.1, 0.15) is 4.47 Å². The van der Waals surface area contributed by atoms with Crippen molar-refractivity contribution in [1.82, 2.24) is 9.78 Å². The number of nitrogens with one attached hydrogen (secondary N) is 1. The van der Waals surface area contributed by atoms with Crippen LogP contribution in [0.1, 0.15) is 0 Å². The summed E-state index contributed by atoms with van der Waals surface area (Å²) >= 11 is 3.08. The maximum Gasteiger partial charge on any atom is 0.283 e. The van der Waals surface area contributed by atoms with E-state index in [9.17, 15) is 13.2 Å². The molecule has 8 nitrogen and oxygen atoms in total. The molecule has 0 unspecified atom stereocenters. The average molecular weight is 341 g/mol. The van der Waals surface area contributed by atoms with Crippen LogP contribution < -0.4 is 16.0 Å². The molecule has 0 saturated heterocycles. The van der Waals surface area contributed by atoms with E-state index >= 15 is 0 Å². The standard InChI is InChI=1S/C8H13BrN4O4S/c9-7-6(11-1-4-18(10,16)17)5-12-13(2-3-14)8(7)15/h5,11,14H,1-4H2,(H2,10,16,17). The van der Waals surface area contributed by atoms with Crippen molar-refractivity contribution in [3.05, 3.63) is 21.0 Å². The van der Waals surface area contributed by atoms with Crippen LogP contribution in [0.4, 0.5) is 5.69 Å². The normalized spacial score (nSPS) is 11.5. The lowest BCUT2D eigenvalue weighted by atomic mass is 10.4. The number of hydrogen-bond acceptors (Lipinski definition) is 6. The summed E-state index contributed by atoms with van der Waals surface area (Å²) in [6.07, 6.45) is 1.37. The van der Waals surface area contributed by atoms with E-state index < -0.39 is 15.6 Å². The van der Waals surface area contributed by atoms with Crippen molar-refractivity contribution < 1.29 is 13.5 Å². The first-order chi connectivity index (χ1) is 8.35. The Morgan fingerprint density at radius 3 is 2.78 bits per heavy atom. The first-order valence-corrected chi connectivity index (χ1v) is 7.47. The largest absolute Gasteiger partial charge is 0.394 e. The van der Waals surface area contributed by atoms with E-state index in [0.717, 1.165) is 4.68 Å². The molecule has 0 aliphatic heterocycles. The maximum absolute atomic E-state index is 11.7. The molecule has 0 spiro atoms. The van der Waals surface area contributed by atoms with Crippen molar-refractivity contribution in [3.63, 3.8) is 0 Å². The number of nitrogens with two attached hydrogens (primary N) is 1. The second kappa shape index (κ2) is 6.27. The van der Waals surface area contributed by atoms with E-state index in [0.29, 0.717) is 5.69 Å². The number of aromatic nitrogens is 2. The van der Waals surface area contributed by atoms with Crippen LogP contribution in [0.2, 0.25) is 0 Å². The fraction of sp³-hybridized carbons (Fsp3) is 0.500. The van der Waals surface area contributed by atoms with Gasteiger partial charge < -0.3 is 10.4 Å². The van der Waals surface area contributed by atoms with Gasteiger partial charge in [-0.1, -0.05) is 0 Å². The van der Waals surface area contributed by atoms with E-state index in [-0.39, 0.29) is 29.9 Å². The number of halogens is 1. The predicted molar refractivity (Wildman–Crippen MR) is 69.7 cm³/mol. The third-order valence-corrected chi connectivity index (χ3v) is 3.54. The van der Waals surface area contributed by atoms with Crippen LogP contribution in [0.3, 0.4) is 0 Å². The van der Waals surface area contributed by atoms with E-state index in [1.54, 1.807) is 0 Å². The number of sulfonamides is 1. The highest BCUT2D eigenvalue weighted by Crippen LogP contribution is 2.15. The minimum absolute atomic E-state index is 0.0720. The molecule has 1 rings (SSSR count). The Morgan fingerprint density at radius 1 is 1.56 bits per heavy atom. The summed E-state index contributed by atoms with van der Waals surface area (Å²) in [5.41, 5.74) is -0.0394. The number of hydrogen-bond donors (Lipinski definition) is 3. The molecule has 0 fully saturated rings. The maximum atomic E-state index is 11.7. The van der Waals surface area contributed by atoms with Gasteiger partial charge in [0.05, 0.1) is 30.8 Å². The van der Waals surface area contributed by atoms with Crippen molar-refractivity contribution in [2.75, 3.05) is 24.2 Å². The van der Waals surface area contributed by atoms with Gasteiger partial charge in [-0.15, -0.1) is 0 Å². The molecule has 102 valence electrons. The molecule has 4 N–H and O–H groups in total. The molecule has 0 aliphatic carbocycles. The topological polar surface area (TPSA) is 127 Å². The molecule has 0 amide bonds. The second-order valence-electron chi connectivity index (χ2n) is 3.42. The van der Waals surface area contributed by atoms with Gasteiger partial charge in [0.25, 0.3) is 5.56 Å². The van der Waals surface area contributed by atoms with Crippen LogP contribution >= 0.6 is 15.9 Å². The zero-order chi connectivity index (χ0) is 13.8. The lowest BCUT2D eigenvalue weighted by molar-refractivity contribution is 0.266. The van der Waals surface area contributed by atoms with Crippen molar-refractivity contribution in [1.29, 1.82) is 0 Å². The Balaban J connectivity index is 2.80. The fourth-order valence-corrected chi connectivity index (χ4v) is 2.00. The molecule has 0 aliphatic rings. The lowest BCUT2D eigenvalue weighted by Gasteiger charge is -2.09. The fourth-order valence-electron chi connectivity index (χ4n) is 1.17. The van der Waals surface area contributed by atoms with Crippen LogP contribution in [-0.4, -0.2) is 42.2 Å². The molecule has 1 aromatic rings. The van der Waals surface area contributed by atoms with E-state index in [4.69, 9.17) is 10.2 Å². The molecule has 0 atom stereocenters. The Labute approximate surface area is 112 Å². The molecule has 0 saturated carbocycles. The zero-order valence-corrected chi connectivity index (χ0v) is 11.7. The van der Waals surface area contributed by atoms with Crippen LogP contribution in [-0.2, 0) is 16.6 Å². The second-order valence-corrected chi connectivity index (χ2v) is 5.94. The van der Waals surface area contributed by atoms with Crippen LogP contribution in [0.5, 0.6) is 0 Å². The van der Waals surface area contributed by atoms with E-state index in [2.05, 4.69) is 26.3 Å². The van der Waals surface area contributed by atoms with Gasteiger partial charge in [0.2, 0.25) is 10.0 Å². The summed E-state index contributed by atoms with van der Waals surface area (Å²) in [5, 5.41) is 20.1. The van der Waals surface area contributed by atoms with Gasteiger partial charge in [-0.05, 0) is 15.9 Å². The van der Waals surface area contributed by atoms with Crippen molar-refractivity contribution in [3.8, 4) is 0 Å². The molecule has 0 aromatic carbocycles. The van der Waals surface area contributed by atoms with E-state index in [1.807, 2.05) is 0 Å². The van der Waals surface area contributed by atoms with Crippen molar-refractivity contribution in [2.24, 2.45) is 5.14 Å². The predicted octanol–water partition coefficient (Wildman–Crippen LogP) is -1.30. The summed E-state index contributed by atoms with van der Waals surface area (Å²) in [6, 6.07) is 0. The highest BCUT2D eigenvalue weighted by atomic mass is 79.9. The number of aliphatic hydroxyl groups is 1. The van der Waals surface area contributed by atoms with Crippen molar-refractivity contribution >= 4 is 31.6 Å². The Bertz CT molecular complexity index is 571. The first-order valence-electron chi connectivity index (χ1n) is 4.96. The zero-order valence-electron chi connectivity index (χ0n) is 9.34. The van der Waals surface area contributed by atoms with Crippen molar-refractivity contribution in [2.45, 2.75) is 6.54 Å². The van der Waals surface area contributed by atoms with E-state index in [1.165, 1.54) is 6.20 Å². The van der Waals surface area contributed by atoms with Gasteiger partial charge in [0.15, 0.2) is 0 Å². The molecule has 0 radical (unpaired) electrons. The number of primary sulfonamides is 1. The number of aliphatic hydroxyl groups excluding tert-OH is 1. The summed E-state index contributed by atoms with van der Waals surface area (Å²) in [4.78, 5) is 11.7. The van der Waals surface area contributed by atoms with Gasteiger partial charge >= 0.3 is 0 Å². The summed E-state index contributed by atoms with van der Waals surface area (Å²) in [5.74, 6) is -0.251. The summed E-state index contributed by atoms with van der Waals surface area (Å²) in [7, 11) is -3.55. The highest BCUT2D eigenvalue weighted by Gasteiger charge is 2.09. The highest BCUT2D eigenvalue weighted by molar-refractivity contribution is 9.10. The minimum Gasteiger partial charge on any atom is -0.394 e.